The van der Waals surface area contributed by atoms with E-state index >= 15 is 0 Å². The summed E-state index contributed by atoms with van der Waals surface area (Å²) >= 11 is 0. The third kappa shape index (κ3) is 5.24. The number of β-amino-alcohol motifs (C(OH)–C–C–N with tert-alkyl or cyclic N) is 1. The number of sulfonamides is 1. The van der Waals surface area contributed by atoms with Crippen molar-refractivity contribution in [3.05, 3.63) is 63.7 Å². The van der Waals surface area contributed by atoms with Gasteiger partial charge in [0.15, 0.2) is 6.10 Å². The normalized spacial score (nSPS) is 19.4. The maximum Gasteiger partial charge on any atom is 0.325 e. The molecule has 0 aromatic heterocycles. The van der Waals surface area contributed by atoms with Crippen molar-refractivity contribution in [2.75, 3.05) is 11.9 Å². The Kier molecular flexibility index (Phi) is 7.34. The molecule has 3 atom stereocenters. The van der Waals surface area contributed by atoms with E-state index in [1.54, 1.807) is 13.0 Å². The summed E-state index contributed by atoms with van der Waals surface area (Å²) in [6, 6.07) is 8.70. The van der Waals surface area contributed by atoms with Crippen LogP contribution in [0.3, 0.4) is 0 Å². The molecule has 0 aliphatic carbocycles. The van der Waals surface area contributed by atoms with Gasteiger partial charge in [-0.05, 0) is 50.1 Å². The van der Waals surface area contributed by atoms with Crippen LogP contribution in [0.15, 0.2) is 47.4 Å². The summed E-state index contributed by atoms with van der Waals surface area (Å²) in [6.45, 7) is 4.56. The minimum Gasteiger partial charge on any atom is -0.451 e. The van der Waals surface area contributed by atoms with Crippen molar-refractivity contribution in [3.8, 4) is 0 Å². The number of carbonyl (C=O) groups is 2. The molecule has 0 saturated carbocycles. The molecule has 2 aromatic carbocycles. The molecule has 1 fully saturated rings. The summed E-state index contributed by atoms with van der Waals surface area (Å²) in [5.74, 6) is -1.83. The lowest BCUT2D eigenvalue weighted by Crippen LogP contribution is -2.43. The van der Waals surface area contributed by atoms with Crippen LogP contribution < -0.4 is 5.32 Å². The number of para-hydroxylation sites is 2. The molecule has 12 heteroatoms. The Morgan fingerprint density at radius 3 is 2.53 bits per heavy atom. The number of nitro groups is 1. The van der Waals surface area contributed by atoms with E-state index < -0.39 is 45.1 Å². The predicted molar refractivity (Wildman–Crippen MR) is 121 cm³/mol. The fraction of sp³-hybridized carbons (Fsp3) is 0.364. The van der Waals surface area contributed by atoms with Gasteiger partial charge in [-0.25, -0.2) is 8.42 Å². The van der Waals surface area contributed by atoms with E-state index in [-0.39, 0.29) is 29.2 Å². The van der Waals surface area contributed by atoms with Gasteiger partial charge >= 0.3 is 5.97 Å². The molecule has 0 bridgehead atoms. The van der Waals surface area contributed by atoms with E-state index in [1.165, 1.54) is 43.3 Å². The van der Waals surface area contributed by atoms with Gasteiger partial charge in [0.25, 0.3) is 11.6 Å². The number of nitrogens with one attached hydrogen (secondary N) is 1. The second-order valence-electron chi connectivity index (χ2n) is 8.07. The molecule has 3 rings (SSSR count). The number of aryl methyl sites for hydroxylation is 2. The van der Waals surface area contributed by atoms with Crippen LogP contribution in [-0.2, 0) is 24.3 Å². The van der Waals surface area contributed by atoms with Gasteiger partial charge in [0.05, 0.1) is 15.9 Å². The van der Waals surface area contributed by atoms with Crippen molar-refractivity contribution in [1.29, 1.82) is 0 Å². The van der Waals surface area contributed by atoms with Gasteiger partial charge in [0.2, 0.25) is 10.0 Å². The maximum atomic E-state index is 13.2. The number of nitro benzene ring substituents is 1. The fourth-order valence-electron chi connectivity index (χ4n) is 3.55. The average Bonchev–Trinajstić information content (AvgIpc) is 3.18. The van der Waals surface area contributed by atoms with Crippen molar-refractivity contribution >= 4 is 33.3 Å². The molecular formula is C22H25N3O8S. The SMILES string of the molecule is Cc1ccc(S(=O)(=O)N2CC(O)C[C@H]2C(=O)OC(C)C(=O)Nc2ccccc2[N+](=O)[O-])cc1C. The minimum atomic E-state index is -4.13. The summed E-state index contributed by atoms with van der Waals surface area (Å²) in [4.78, 5) is 35.7. The zero-order valence-corrected chi connectivity index (χ0v) is 19.6. The number of carbonyl (C=O) groups excluding carboxylic acids is 2. The summed E-state index contributed by atoms with van der Waals surface area (Å²) < 4.78 is 32.4. The fourth-order valence-corrected chi connectivity index (χ4v) is 5.27. The number of nitrogens with zero attached hydrogens (tertiary/aromatic N) is 2. The lowest BCUT2D eigenvalue weighted by Gasteiger charge is -2.24. The summed E-state index contributed by atoms with van der Waals surface area (Å²) in [5.41, 5.74) is 1.24. The van der Waals surface area contributed by atoms with Gasteiger partial charge in [-0.1, -0.05) is 18.2 Å². The van der Waals surface area contributed by atoms with Crippen LogP contribution in [0.4, 0.5) is 11.4 Å². The monoisotopic (exact) mass is 491 g/mol. The van der Waals surface area contributed by atoms with Crippen LogP contribution in [0.5, 0.6) is 0 Å². The number of ether oxygens (including phenoxy) is 1. The molecule has 182 valence electrons. The van der Waals surface area contributed by atoms with Crippen molar-refractivity contribution in [3.63, 3.8) is 0 Å². The Morgan fingerprint density at radius 1 is 1.21 bits per heavy atom. The second-order valence-corrected chi connectivity index (χ2v) is 9.96. The Morgan fingerprint density at radius 2 is 1.88 bits per heavy atom. The first-order valence-electron chi connectivity index (χ1n) is 10.4. The number of aliphatic hydroxyl groups excluding tert-OH is 1. The summed E-state index contributed by atoms with van der Waals surface area (Å²) in [7, 11) is -4.13. The number of hydrogen-bond donors (Lipinski definition) is 2. The largest absolute Gasteiger partial charge is 0.451 e. The van der Waals surface area contributed by atoms with Gasteiger partial charge in [0, 0.05) is 19.0 Å². The lowest BCUT2D eigenvalue weighted by atomic mass is 10.1. The third-order valence-electron chi connectivity index (χ3n) is 5.61. The standard InChI is InChI=1S/C22H25N3O8S/c1-13-8-9-17(10-14(13)2)34(31,32)24-12-16(26)11-20(24)22(28)33-15(3)21(27)23-18-6-4-5-7-19(18)25(29)30/h4-10,15-16,20,26H,11-12H2,1-3H3,(H,23,27)/t15?,16?,20-/m0/s1. The molecule has 1 aliphatic heterocycles. The molecule has 2 aromatic rings. The zero-order chi connectivity index (χ0) is 25.2. The van der Waals surface area contributed by atoms with E-state index in [2.05, 4.69) is 5.32 Å². The van der Waals surface area contributed by atoms with E-state index in [1.807, 2.05) is 6.92 Å². The first-order chi connectivity index (χ1) is 15.9. The quantitative estimate of drug-likeness (QED) is 0.338. The molecule has 0 spiro atoms. The molecule has 1 heterocycles. The number of benzene rings is 2. The van der Waals surface area contributed by atoms with Crippen molar-refractivity contribution in [2.45, 2.75) is 50.3 Å². The first kappa shape index (κ1) is 25.3. The molecular weight excluding hydrogens is 466 g/mol. The maximum absolute atomic E-state index is 13.2. The first-order valence-corrected chi connectivity index (χ1v) is 11.9. The number of aliphatic hydroxyl groups is 1. The average molecular weight is 492 g/mol. The topological polar surface area (TPSA) is 156 Å². The van der Waals surface area contributed by atoms with Gasteiger partial charge in [-0.3, -0.25) is 19.7 Å². The van der Waals surface area contributed by atoms with Crippen LogP contribution in [0.1, 0.15) is 24.5 Å². The molecule has 11 nitrogen and oxygen atoms in total. The van der Waals surface area contributed by atoms with Gasteiger partial charge < -0.3 is 15.2 Å². The molecule has 34 heavy (non-hydrogen) atoms. The van der Waals surface area contributed by atoms with Crippen molar-refractivity contribution < 1.29 is 32.8 Å². The Labute approximate surface area is 196 Å². The Balaban J connectivity index is 1.75. The van der Waals surface area contributed by atoms with Crippen LogP contribution in [0, 0.1) is 24.0 Å². The zero-order valence-electron chi connectivity index (χ0n) is 18.8. The van der Waals surface area contributed by atoms with E-state index in [0.717, 1.165) is 15.4 Å². The number of esters is 1. The Bertz CT molecular complexity index is 1230. The third-order valence-corrected chi connectivity index (χ3v) is 7.48. The van der Waals surface area contributed by atoms with E-state index in [9.17, 15) is 33.2 Å². The van der Waals surface area contributed by atoms with E-state index in [4.69, 9.17) is 4.74 Å². The highest BCUT2D eigenvalue weighted by Crippen LogP contribution is 2.29. The number of rotatable bonds is 7. The van der Waals surface area contributed by atoms with Gasteiger partial charge in [0.1, 0.15) is 11.7 Å². The van der Waals surface area contributed by atoms with Crippen LogP contribution in [0.25, 0.3) is 0 Å². The number of hydrogen-bond acceptors (Lipinski definition) is 8. The van der Waals surface area contributed by atoms with E-state index in [0.29, 0.717) is 0 Å². The Hall–Kier alpha value is -3.35. The summed E-state index contributed by atoms with van der Waals surface area (Å²) in [5, 5.41) is 23.6. The summed E-state index contributed by atoms with van der Waals surface area (Å²) in [6.07, 6.45) is -2.66. The number of amides is 1. The van der Waals surface area contributed by atoms with Crippen molar-refractivity contribution in [2.24, 2.45) is 0 Å². The lowest BCUT2D eigenvalue weighted by molar-refractivity contribution is -0.383. The van der Waals surface area contributed by atoms with Crippen LogP contribution >= 0.6 is 0 Å². The smallest absolute Gasteiger partial charge is 0.325 e. The highest BCUT2D eigenvalue weighted by atomic mass is 32.2. The number of anilines is 1. The molecule has 1 aliphatic rings. The van der Waals surface area contributed by atoms with Crippen LogP contribution in [0.2, 0.25) is 0 Å². The molecule has 1 saturated heterocycles. The highest BCUT2D eigenvalue weighted by Gasteiger charge is 2.45. The van der Waals surface area contributed by atoms with Crippen LogP contribution in [-0.4, -0.2) is 59.4 Å². The van der Waals surface area contributed by atoms with Gasteiger partial charge in [-0.15, -0.1) is 0 Å². The molecule has 2 unspecified atom stereocenters. The minimum absolute atomic E-state index is 0.0234. The highest BCUT2D eigenvalue weighted by molar-refractivity contribution is 7.89. The molecule has 1 amide bonds. The van der Waals surface area contributed by atoms with Gasteiger partial charge in [-0.2, -0.15) is 4.31 Å². The second kappa shape index (κ2) is 9.87. The predicted octanol–water partition coefficient (Wildman–Crippen LogP) is 1.91. The van der Waals surface area contributed by atoms with Crippen molar-refractivity contribution in [1.82, 2.24) is 4.31 Å². The molecule has 0 radical (unpaired) electrons. The molecule has 2 N–H and O–H groups in total.